The monoisotopic (exact) mass is 447 g/mol. The molecule has 1 aliphatic rings. The molecular formula is C20H19F6N3O2. The Morgan fingerprint density at radius 3 is 2.26 bits per heavy atom. The molecule has 0 atom stereocenters. The molecule has 2 aromatic rings. The summed E-state index contributed by atoms with van der Waals surface area (Å²) in [6, 6.07) is 10.2. The van der Waals surface area contributed by atoms with Crippen LogP contribution in [0.15, 0.2) is 48.5 Å². The maximum atomic E-state index is 12.9. The zero-order valence-corrected chi connectivity index (χ0v) is 16.1. The highest BCUT2D eigenvalue weighted by atomic mass is 19.4. The molecule has 31 heavy (non-hydrogen) atoms. The first-order chi connectivity index (χ1) is 14.5. The number of halogens is 6. The van der Waals surface area contributed by atoms with Crippen LogP contribution in [0.3, 0.4) is 0 Å². The van der Waals surface area contributed by atoms with E-state index in [9.17, 15) is 31.1 Å². The summed E-state index contributed by atoms with van der Waals surface area (Å²) in [5, 5.41) is 2.40. The number of hydrogen-bond acceptors (Lipinski definition) is 4. The molecule has 0 spiro atoms. The van der Waals surface area contributed by atoms with Crippen LogP contribution in [-0.4, -0.2) is 49.9 Å². The molecule has 1 N–H and O–H groups in total. The van der Waals surface area contributed by atoms with Gasteiger partial charge in [-0.05, 0) is 30.3 Å². The molecule has 1 heterocycles. The summed E-state index contributed by atoms with van der Waals surface area (Å²) in [7, 11) is 0. The van der Waals surface area contributed by atoms with E-state index in [-0.39, 0.29) is 12.2 Å². The largest absolute Gasteiger partial charge is 0.573 e. The lowest BCUT2D eigenvalue weighted by atomic mass is 10.1. The topological polar surface area (TPSA) is 44.8 Å². The molecule has 2 aromatic carbocycles. The highest BCUT2D eigenvalue weighted by Crippen LogP contribution is 2.32. The van der Waals surface area contributed by atoms with Crippen molar-refractivity contribution >= 4 is 17.3 Å². The fraction of sp³-hybridized carbons (Fsp3) is 0.350. The van der Waals surface area contributed by atoms with Crippen LogP contribution in [0.1, 0.15) is 5.56 Å². The van der Waals surface area contributed by atoms with Crippen LogP contribution < -0.4 is 15.0 Å². The highest BCUT2D eigenvalue weighted by Gasteiger charge is 2.33. The number of carbonyl (C=O) groups is 1. The second-order valence-electron chi connectivity index (χ2n) is 6.90. The van der Waals surface area contributed by atoms with Gasteiger partial charge in [0, 0.05) is 31.9 Å². The minimum Gasteiger partial charge on any atom is -0.404 e. The zero-order valence-electron chi connectivity index (χ0n) is 16.1. The molecule has 1 aliphatic heterocycles. The Morgan fingerprint density at radius 1 is 0.935 bits per heavy atom. The lowest BCUT2D eigenvalue weighted by Crippen LogP contribution is -2.48. The van der Waals surface area contributed by atoms with E-state index in [0.717, 1.165) is 18.2 Å². The van der Waals surface area contributed by atoms with Crippen molar-refractivity contribution in [3.05, 3.63) is 54.1 Å². The van der Waals surface area contributed by atoms with Gasteiger partial charge in [0.25, 0.3) is 0 Å². The summed E-state index contributed by atoms with van der Waals surface area (Å²) in [5.41, 5.74) is -0.392. The first kappa shape index (κ1) is 22.7. The second kappa shape index (κ2) is 9.04. The fourth-order valence-corrected chi connectivity index (χ4v) is 3.22. The van der Waals surface area contributed by atoms with Crippen LogP contribution in [0.25, 0.3) is 0 Å². The normalized spacial score (nSPS) is 15.6. The smallest absolute Gasteiger partial charge is 0.404 e. The molecule has 1 fully saturated rings. The number of ether oxygens (including phenoxy) is 1. The van der Waals surface area contributed by atoms with E-state index in [0.29, 0.717) is 31.9 Å². The molecule has 5 nitrogen and oxygen atoms in total. The van der Waals surface area contributed by atoms with Gasteiger partial charge in [-0.1, -0.05) is 18.2 Å². The van der Waals surface area contributed by atoms with Gasteiger partial charge in [-0.2, -0.15) is 13.2 Å². The van der Waals surface area contributed by atoms with Crippen LogP contribution in [0.5, 0.6) is 5.75 Å². The maximum Gasteiger partial charge on any atom is 0.573 e. The Hall–Kier alpha value is -2.95. The number of piperazine rings is 1. The predicted octanol–water partition coefficient (Wildman–Crippen LogP) is 4.36. The molecule has 0 aliphatic carbocycles. The number of amides is 1. The Labute approximate surface area is 174 Å². The van der Waals surface area contributed by atoms with Gasteiger partial charge in [-0.25, -0.2) is 0 Å². The molecule has 1 amide bonds. The van der Waals surface area contributed by atoms with E-state index in [4.69, 9.17) is 0 Å². The Kier molecular flexibility index (Phi) is 6.63. The minimum atomic E-state index is -4.89. The van der Waals surface area contributed by atoms with Crippen LogP contribution in [-0.2, 0) is 11.0 Å². The summed E-state index contributed by atoms with van der Waals surface area (Å²) in [6.45, 7) is 1.55. The van der Waals surface area contributed by atoms with E-state index in [1.54, 1.807) is 15.9 Å². The third-order valence-corrected chi connectivity index (χ3v) is 4.66. The van der Waals surface area contributed by atoms with Crippen LogP contribution in [0, 0.1) is 0 Å². The number of carbonyl (C=O) groups excluding carboxylic acids is 1. The van der Waals surface area contributed by atoms with Gasteiger partial charge >= 0.3 is 12.5 Å². The standard InChI is InChI=1S/C20H19F6N3O2/c21-19(22,23)14-4-3-5-15(12-14)29-10-8-28(9-11-29)13-18(30)27-16-6-1-2-7-17(16)31-20(24,25)26/h1-7,12H,8-11,13H2,(H,27,30). The third kappa shape index (κ3) is 6.51. The number of hydrogen-bond donors (Lipinski definition) is 1. The van der Waals surface area contributed by atoms with Crippen molar-refractivity contribution in [2.24, 2.45) is 0 Å². The van der Waals surface area contributed by atoms with Gasteiger partial charge in [0.15, 0.2) is 5.75 Å². The highest BCUT2D eigenvalue weighted by molar-refractivity contribution is 5.93. The molecule has 0 aromatic heterocycles. The van der Waals surface area contributed by atoms with E-state index < -0.39 is 29.8 Å². The van der Waals surface area contributed by atoms with Gasteiger partial charge in [0.2, 0.25) is 5.91 Å². The fourth-order valence-electron chi connectivity index (χ4n) is 3.22. The molecule has 0 saturated carbocycles. The van der Waals surface area contributed by atoms with Crippen molar-refractivity contribution in [1.29, 1.82) is 0 Å². The summed E-state index contributed by atoms with van der Waals surface area (Å²) in [4.78, 5) is 15.8. The first-order valence-electron chi connectivity index (χ1n) is 9.30. The summed E-state index contributed by atoms with van der Waals surface area (Å²) < 4.78 is 80.1. The van der Waals surface area contributed by atoms with Crippen molar-refractivity contribution < 1.29 is 35.9 Å². The number of rotatable bonds is 5. The molecule has 11 heteroatoms. The van der Waals surface area contributed by atoms with Crippen molar-refractivity contribution in [3.8, 4) is 5.75 Å². The zero-order chi connectivity index (χ0) is 22.6. The lowest BCUT2D eigenvalue weighted by Gasteiger charge is -2.36. The first-order valence-corrected chi connectivity index (χ1v) is 9.30. The van der Waals surface area contributed by atoms with E-state index in [2.05, 4.69) is 10.1 Å². The number of alkyl halides is 6. The number of benzene rings is 2. The summed E-state index contributed by atoms with van der Waals surface area (Å²) >= 11 is 0. The van der Waals surface area contributed by atoms with Crippen molar-refractivity contribution in [3.63, 3.8) is 0 Å². The third-order valence-electron chi connectivity index (χ3n) is 4.66. The van der Waals surface area contributed by atoms with Crippen molar-refractivity contribution in [1.82, 2.24) is 4.90 Å². The number of anilines is 2. The molecule has 168 valence electrons. The second-order valence-corrected chi connectivity index (χ2v) is 6.90. The van der Waals surface area contributed by atoms with E-state index in [1.165, 1.54) is 24.3 Å². The Morgan fingerprint density at radius 2 is 1.61 bits per heavy atom. The van der Waals surface area contributed by atoms with E-state index in [1.807, 2.05) is 0 Å². The summed E-state index contributed by atoms with van der Waals surface area (Å²) in [5.74, 6) is -1.04. The Bertz CT molecular complexity index is 908. The van der Waals surface area contributed by atoms with Crippen molar-refractivity contribution in [2.75, 3.05) is 42.9 Å². The van der Waals surface area contributed by atoms with Gasteiger partial charge < -0.3 is 15.0 Å². The van der Waals surface area contributed by atoms with E-state index >= 15 is 0 Å². The van der Waals surface area contributed by atoms with Crippen LogP contribution in [0.4, 0.5) is 37.7 Å². The molecule has 0 unspecified atom stereocenters. The minimum absolute atomic E-state index is 0.0726. The molecule has 0 radical (unpaired) electrons. The number of nitrogens with one attached hydrogen (secondary N) is 1. The van der Waals surface area contributed by atoms with Crippen LogP contribution in [0.2, 0.25) is 0 Å². The Balaban J connectivity index is 1.54. The van der Waals surface area contributed by atoms with Crippen LogP contribution >= 0.6 is 0 Å². The molecule has 0 bridgehead atoms. The van der Waals surface area contributed by atoms with Crippen molar-refractivity contribution in [2.45, 2.75) is 12.5 Å². The predicted molar refractivity (Wildman–Crippen MR) is 102 cm³/mol. The average molecular weight is 447 g/mol. The molecule has 3 rings (SSSR count). The number of para-hydroxylation sites is 2. The van der Waals surface area contributed by atoms with Gasteiger partial charge in [-0.3, -0.25) is 9.69 Å². The van der Waals surface area contributed by atoms with Gasteiger partial charge in [0.05, 0.1) is 17.8 Å². The van der Waals surface area contributed by atoms with Gasteiger partial charge in [-0.15, -0.1) is 13.2 Å². The lowest BCUT2D eigenvalue weighted by molar-refractivity contribution is -0.274. The summed E-state index contributed by atoms with van der Waals surface area (Å²) in [6.07, 6.45) is -9.32. The molecule has 1 saturated heterocycles. The molecular weight excluding hydrogens is 428 g/mol. The SMILES string of the molecule is O=C(CN1CCN(c2cccc(C(F)(F)F)c2)CC1)Nc1ccccc1OC(F)(F)F. The average Bonchev–Trinajstić information content (AvgIpc) is 2.68. The quantitative estimate of drug-likeness (QED) is 0.692. The van der Waals surface area contributed by atoms with Gasteiger partial charge in [0.1, 0.15) is 0 Å². The maximum absolute atomic E-state index is 12.9. The number of nitrogens with zero attached hydrogens (tertiary/aromatic N) is 2.